The average Bonchev–Trinajstić information content (AvgIpc) is 2.54. The molecule has 0 heterocycles. The molecule has 0 aromatic rings. The highest BCUT2D eigenvalue weighted by atomic mass is 16.7. The lowest BCUT2D eigenvalue weighted by atomic mass is 10.1. The Hall–Kier alpha value is -0.770. The summed E-state index contributed by atoms with van der Waals surface area (Å²) in [5.74, 6) is 0. The van der Waals surface area contributed by atoms with Crippen LogP contribution >= 0.6 is 0 Å². The zero-order chi connectivity index (χ0) is 18.0. The minimum absolute atomic E-state index is 0.169. The summed E-state index contributed by atoms with van der Waals surface area (Å²) in [5.41, 5.74) is 0. The van der Waals surface area contributed by atoms with Gasteiger partial charge in [0, 0.05) is 6.61 Å². The minimum Gasteiger partial charge on any atom is -0.550 e. The van der Waals surface area contributed by atoms with Crippen LogP contribution in [0, 0.1) is 0 Å². The molecular weight excluding hydrogens is 290 g/mol. The number of carbonyl (C=O) groups excluding carboxylic acids is 1. The first-order valence-electron chi connectivity index (χ1n) is 9.70. The van der Waals surface area contributed by atoms with Gasteiger partial charge in [0.2, 0.25) is 0 Å². The number of hydrogen-bond donors (Lipinski definition) is 0. The van der Waals surface area contributed by atoms with Crippen molar-refractivity contribution in [3.05, 3.63) is 0 Å². The van der Waals surface area contributed by atoms with Gasteiger partial charge in [0.05, 0.1) is 26.2 Å². The first-order chi connectivity index (χ1) is 11.0. The Morgan fingerprint density at radius 3 is 1.17 bits per heavy atom. The molecule has 23 heavy (non-hydrogen) atoms. The van der Waals surface area contributed by atoms with E-state index in [-0.39, 0.29) is 6.61 Å². The van der Waals surface area contributed by atoms with Gasteiger partial charge in [0.15, 0.2) is 0 Å². The molecule has 0 fully saturated rings. The first kappa shape index (κ1) is 24.5. The van der Waals surface area contributed by atoms with Crippen molar-refractivity contribution in [3.8, 4) is 0 Å². The number of unbranched alkanes of at least 4 members (excludes halogenated alkanes) is 4. The highest BCUT2D eigenvalue weighted by molar-refractivity contribution is 5.53. The van der Waals surface area contributed by atoms with Crippen molar-refractivity contribution < 1.29 is 19.1 Å². The molecule has 0 bridgehead atoms. The second-order valence-electron chi connectivity index (χ2n) is 6.33. The Balaban J connectivity index is 0. The molecule has 0 saturated carbocycles. The fourth-order valence-corrected chi connectivity index (χ4v) is 2.76. The molecule has 0 aliphatic heterocycles. The Bertz CT molecular complexity index is 219. The van der Waals surface area contributed by atoms with E-state index in [1.807, 2.05) is 0 Å². The maximum Gasteiger partial charge on any atom is 0.251 e. The van der Waals surface area contributed by atoms with Crippen molar-refractivity contribution >= 4 is 6.16 Å². The zero-order valence-electron chi connectivity index (χ0n) is 16.4. The smallest absolute Gasteiger partial charge is 0.251 e. The van der Waals surface area contributed by atoms with Crippen LogP contribution in [0.1, 0.15) is 86.0 Å². The lowest BCUT2D eigenvalue weighted by Crippen LogP contribution is -2.50. The molecule has 0 amide bonds. The van der Waals surface area contributed by atoms with Crippen LogP contribution in [0.25, 0.3) is 0 Å². The Morgan fingerprint density at radius 2 is 1.04 bits per heavy atom. The normalized spacial score (nSPS) is 10.8. The van der Waals surface area contributed by atoms with Gasteiger partial charge in [-0.1, -0.05) is 53.4 Å². The van der Waals surface area contributed by atoms with E-state index in [2.05, 4.69) is 32.4 Å². The van der Waals surface area contributed by atoms with Crippen molar-refractivity contribution in [2.75, 3.05) is 32.8 Å². The molecule has 0 aromatic heterocycles. The maximum absolute atomic E-state index is 9.27. The molecule has 0 atom stereocenters. The topological polar surface area (TPSA) is 49.4 Å². The van der Waals surface area contributed by atoms with Gasteiger partial charge in [-0.25, -0.2) is 0 Å². The number of ether oxygens (including phenoxy) is 1. The molecule has 140 valence electrons. The number of rotatable bonds is 13. The van der Waals surface area contributed by atoms with Gasteiger partial charge >= 0.3 is 0 Å². The molecule has 0 aliphatic carbocycles. The largest absolute Gasteiger partial charge is 0.550 e. The first-order valence-corrected chi connectivity index (χ1v) is 9.70. The summed E-state index contributed by atoms with van der Waals surface area (Å²) < 4.78 is 5.27. The third-order valence-corrected chi connectivity index (χ3v) is 4.21. The minimum atomic E-state index is -1.46. The van der Waals surface area contributed by atoms with E-state index in [4.69, 9.17) is 0 Å². The summed E-state index contributed by atoms with van der Waals surface area (Å²) >= 11 is 0. The van der Waals surface area contributed by atoms with Crippen molar-refractivity contribution in [3.63, 3.8) is 0 Å². The number of carboxylic acid groups (broad SMARTS) is 1. The molecule has 0 unspecified atom stereocenters. The lowest BCUT2D eigenvalue weighted by Gasteiger charge is -2.39. The average molecular weight is 332 g/mol. The molecule has 0 aliphatic rings. The highest BCUT2D eigenvalue weighted by Gasteiger charge is 2.24. The van der Waals surface area contributed by atoms with Crippen LogP contribution in [-0.2, 0) is 4.74 Å². The molecular formula is C19H41NO3. The molecule has 0 radical (unpaired) electrons. The van der Waals surface area contributed by atoms with Crippen LogP contribution in [0.4, 0.5) is 4.79 Å². The molecule has 0 saturated heterocycles. The fraction of sp³-hybridized carbons (Fsp3) is 0.947. The highest BCUT2D eigenvalue weighted by Crippen LogP contribution is 2.16. The van der Waals surface area contributed by atoms with Crippen LogP contribution in [0.2, 0.25) is 0 Å². The Morgan fingerprint density at radius 1 is 0.739 bits per heavy atom. The molecule has 0 N–H and O–H groups in total. The van der Waals surface area contributed by atoms with E-state index >= 15 is 0 Å². The summed E-state index contributed by atoms with van der Waals surface area (Å²) in [5, 5.41) is 9.27. The number of carbonyl (C=O) groups is 1. The second-order valence-corrected chi connectivity index (χ2v) is 6.33. The van der Waals surface area contributed by atoms with Gasteiger partial charge < -0.3 is 19.1 Å². The predicted octanol–water partition coefficient (Wildman–Crippen LogP) is 4.37. The van der Waals surface area contributed by atoms with Gasteiger partial charge in [-0.3, -0.25) is 0 Å². The van der Waals surface area contributed by atoms with Gasteiger partial charge in [0.1, 0.15) is 0 Å². The van der Waals surface area contributed by atoms with Crippen molar-refractivity contribution in [2.45, 2.75) is 86.0 Å². The predicted molar refractivity (Wildman–Crippen MR) is 96.4 cm³/mol. The lowest BCUT2D eigenvalue weighted by molar-refractivity contribution is -0.929. The van der Waals surface area contributed by atoms with E-state index in [0.29, 0.717) is 0 Å². The SMILES string of the molecule is CCCC[N+](CCCC)(CCCC)CCCC.CCOC(=O)[O-]. The molecule has 0 aromatic carbocycles. The van der Waals surface area contributed by atoms with E-state index < -0.39 is 6.16 Å². The molecule has 0 spiro atoms. The maximum atomic E-state index is 9.27. The van der Waals surface area contributed by atoms with Gasteiger partial charge in [-0.2, -0.15) is 0 Å². The Kier molecular flexibility index (Phi) is 18.7. The summed E-state index contributed by atoms with van der Waals surface area (Å²) in [6.45, 7) is 16.8. The second kappa shape index (κ2) is 17.6. The fourth-order valence-electron chi connectivity index (χ4n) is 2.76. The number of nitrogens with zero attached hydrogens (tertiary/aromatic N) is 1. The summed E-state index contributed by atoms with van der Waals surface area (Å²) in [6, 6.07) is 0. The molecule has 0 rings (SSSR count). The van der Waals surface area contributed by atoms with E-state index in [9.17, 15) is 9.90 Å². The van der Waals surface area contributed by atoms with E-state index in [1.54, 1.807) is 6.92 Å². The van der Waals surface area contributed by atoms with Crippen LogP contribution < -0.4 is 5.11 Å². The van der Waals surface area contributed by atoms with Gasteiger partial charge in [-0.05, 0) is 32.6 Å². The molecule has 4 nitrogen and oxygen atoms in total. The summed E-state index contributed by atoms with van der Waals surface area (Å²) in [4.78, 5) is 9.27. The third kappa shape index (κ3) is 15.9. The number of hydrogen-bond acceptors (Lipinski definition) is 3. The molecule has 4 heteroatoms. The summed E-state index contributed by atoms with van der Waals surface area (Å²) in [7, 11) is 0. The monoisotopic (exact) mass is 331 g/mol. The summed E-state index contributed by atoms with van der Waals surface area (Å²) in [6.07, 6.45) is 9.60. The Labute approximate surface area is 144 Å². The van der Waals surface area contributed by atoms with Crippen molar-refractivity contribution in [1.82, 2.24) is 0 Å². The van der Waals surface area contributed by atoms with Gasteiger partial charge in [-0.15, -0.1) is 0 Å². The van der Waals surface area contributed by atoms with Gasteiger partial charge in [0.25, 0.3) is 6.16 Å². The zero-order valence-corrected chi connectivity index (χ0v) is 16.4. The van der Waals surface area contributed by atoms with Crippen LogP contribution in [0.3, 0.4) is 0 Å². The van der Waals surface area contributed by atoms with Crippen molar-refractivity contribution in [1.29, 1.82) is 0 Å². The third-order valence-electron chi connectivity index (χ3n) is 4.21. The van der Waals surface area contributed by atoms with Crippen molar-refractivity contribution in [2.24, 2.45) is 0 Å². The number of quaternary nitrogens is 1. The quantitative estimate of drug-likeness (QED) is 0.372. The standard InChI is InChI=1S/C16H36N.C3H6O3/c1-5-9-13-17(14-10-6-2,15-11-7-3)16-12-8-4;1-2-6-3(4)5/h5-16H2,1-4H3;2H2,1H3,(H,4,5)/q+1;/p-1. The van der Waals surface area contributed by atoms with E-state index in [0.717, 1.165) is 0 Å². The van der Waals surface area contributed by atoms with Crippen LogP contribution in [-0.4, -0.2) is 43.4 Å². The van der Waals surface area contributed by atoms with Crippen LogP contribution in [0.5, 0.6) is 0 Å². The van der Waals surface area contributed by atoms with E-state index in [1.165, 1.54) is 82.0 Å². The van der Waals surface area contributed by atoms with Crippen LogP contribution in [0.15, 0.2) is 0 Å².